The van der Waals surface area contributed by atoms with Crippen LogP contribution >= 0.6 is 11.6 Å². The molecule has 0 amide bonds. The van der Waals surface area contributed by atoms with Gasteiger partial charge in [0, 0.05) is 11.6 Å². The molecular weight excluding hydrogens is 236 g/mol. The van der Waals surface area contributed by atoms with E-state index in [1.54, 1.807) is 12.3 Å². The van der Waals surface area contributed by atoms with E-state index in [9.17, 15) is 0 Å². The fourth-order valence-corrected chi connectivity index (χ4v) is 2.24. The quantitative estimate of drug-likeness (QED) is 0.837. The lowest BCUT2D eigenvalue weighted by atomic mass is 10.1. The number of aromatic nitrogens is 1. The fourth-order valence-electron chi connectivity index (χ4n) is 2.06. The predicted molar refractivity (Wildman–Crippen MR) is 70.5 cm³/mol. The van der Waals surface area contributed by atoms with Gasteiger partial charge >= 0.3 is 0 Å². The second-order valence-electron chi connectivity index (χ2n) is 4.28. The van der Waals surface area contributed by atoms with Gasteiger partial charge in [0.1, 0.15) is 17.0 Å². The van der Waals surface area contributed by atoms with Crippen molar-refractivity contribution in [2.75, 3.05) is 6.54 Å². The highest BCUT2D eigenvalue weighted by Crippen LogP contribution is 2.22. The minimum absolute atomic E-state index is 0.137. The lowest BCUT2D eigenvalue weighted by molar-refractivity contribution is 0.179. The molecule has 1 aromatic heterocycles. The highest BCUT2D eigenvalue weighted by molar-refractivity contribution is 6.30. The monoisotopic (exact) mass is 252 g/mol. The van der Waals surface area contributed by atoms with Gasteiger partial charge in [0.15, 0.2) is 0 Å². The van der Waals surface area contributed by atoms with Crippen LogP contribution in [-0.4, -0.2) is 23.7 Å². The Morgan fingerprint density at radius 1 is 1.71 bits per heavy atom. The zero-order valence-corrected chi connectivity index (χ0v) is 10.7. The minimum Gasteiger partial charge on any atom is -0.487 e. The van der Waals surface area contributed by atoms with E-state index in [0.717, 1.165) is 24.3 Å². The van der Waals surface area contributed by atoms with Crippen molar-refractivity contribution in [1.29, 1.82) is 0 Å². The first-order valence-corrected chi connectivity index (χ1v) is 6.26. The molecule has 2 heterocycles. The Labute approximate surface area is 107 Å². The molecule has 4 heteroatoms. The minimum atomic E-state index is 0.137. The second kappa shape index (κ2) is 5.52. The number of hydrogen-bond acceptors (Lipinski definition) is 3. The Hall–Kier alpha value is -1.06. The number of nitrogens with one attached hydrogen (secondary N) is 1. The molecule has 0 bridgehead atoms. The topological polar surface area (TPSA) is 34.1 Å². The van der Waals surface area contributed by atoms with Crippen molar-refractivity contribution in [1.82, 2.24) is 10.3 Å². The molecule has 2 rings (SSSR count). The average Bonchev–Trinajstić information content (AvgIpc) is 2.85. The molecule has 1 aliphatic heterocycles. The second-order valence-corrected chi connectivity index (χ2v) is 4.64. The summed E-state index contributed by atoms with van der Waals surface area (Å²) >= 11 is 5.91. The Morgan fingerprint density at radius 3 is 3.18 bits per heavy atom. The van der Waals surface area contributed by atoms with E-state index in [1.165, 1.54) is 6.42 Å². The molecule has 0 saturated carbocycles. The van der Waals surface area contributed by atoms with E-state index >= 15 is 0 Å². The van der Waals surface area contributed by atoms with Crippen LogP contribution in [0.2, 0.25) is 5.15 Å². The molecule has 1 fully saturated rings. The van der Waals surface area contributed by atoms with Crippen LogP contribution < -0.4 is 10.1 Å². The fraction of sp³-hybridized carbons (Fsp3) is 0.462. The van der Waals surface area contributed by atoms with E-state index in [-0.39, 0.29) is 6.10 Å². The van der Waals surface area contributed by atoms with E-state index < -0.39 is 0 Å². The molecular formula is C13H17ClN2O. The van der Waals surface area contributed by atoms with Gasteiger partial charge in [-0.3, -0.25) is 0 Å². The summed E-state index contributed by atoms with van der Waals surface area (Å²) in [5.74, 6) is 0.741. The van der Waals surface area contributed by atoms with Gasteiger partial charge in [0.2, 0.25) is 0 Å². The van der Waals surface area contributed by atoms with Gasteiger partial charge in [0.25, 0.3) is 0 Å². The smallest absolute Gasteiger partial charge is 0.138 e. The number of halogens is 1. The van der Waals surface area contributed by atoms with Gasteiger partial charge in [-0.2, -0.15) is 0 Å². The third-order valence-electron chi connectivity index (χ3n) is 3.05. The molecule has 1 saturated heterocycles. The molecule has 1 unspecified atom stereocenters. The molecule has 0 aliphatic carbocycles. The van der Waals surface area contributed by atoms with Gasteiger partial charge in [-0.25, -0.2) is 4.98 Å². The van der Waals surface area contributed by atoms with Crippen LogP contribution in [0.25, 0.3) is 6.08 Å². The molecule has 3 nitrogen and oxygen atoms in total. The van der Waals surface area contributed by atoms with Crippen LogP contribution in [0.5, 0.6) is 5.75 Å². The van der Waals surface area contributed by atoms with E-state index in [0.29, 0.717) is 11.2 Å². The summed E-state index contributed by atoms with van der Waals surface area (Å²) in [4.78, 5) is 4.08. The molecule has 0 aromatic carbocycles. The summed E-state index contributed by atoms with van der Waals surface area (Å²) in [5, 5.41) is 3.88. The molecule has 0 radical (unpaired) electrons. The third-order valence-corrected chi connectivity index (χ3v) is 3.36. The Kier molecular flexibility index (Phi) is 4.02. The van der Waals surface area contributed by atoms with E-state index in [2.05, 4.69) is 23.8 Å². The summed E-state index contributed by atoms with van der Waals surface area (Å²) in [7, 11) is 0. The number of rotatable bonds is 4. The van der Waals surface area contributed by atoms with Crippen molar-refractivity contribution < 1.29 is 4.74 Å². The molecule has 17 heavy (non-hydrogen) atoms. The van der Waals surface area contributed by atoms with Crippen molar-refractivity contribution in [2.45, 2.75) is 31.9 Å². The Morgan fingerprint density at radius 2 is 2.53 bits per heavy atom. The van der Waals surface area contributed by atoms with Crippen LogP contribution in [-0.2, 0) is 0 Å². The molecule has 1 aromatic rings. The van der Waals surface area contributed by atoms with Crippen LogP contribution in [0.3, 0.4) is 0 Å². The summed E-state index contributed by atoms with van der Waals surface area (Å²) < 4.78 is 5.86. The number of nitrogens with zero attached hydrogens (tertiary/aromatic N) is 1. The van der Waals surface area contributed by atoms with Gasteiger partial charge in [-0.1, -0.05) is 24.3 Å². The van der Waals surface area contributed by atoms with Crippen molar-refractivity contribution in [3.8, 4) is 5.75 Å². The molecule has 0 spiro atoms. The molecule has 1 N–H and O–H groups in total. The van der Waals surface area contributed by atoms with Crippen molar-refractivity contribution in [3.05, 3.63) is 29.6 Å². The summed E-state index contributed by atoms with van der Waals surface area (Å²) in [6, 6.07) is 2.30. The first-order valence-electron chi connectivity index (χ1n) is 5.88. The zero-order valence-electron chi connectivity index (χ0n) is 9.95. The van der Waals surface area contributed by atoms with Gasteiger partial charge in [0.05, 0.1) is 6.20 Å². The van der Waals surface area contributed by atoms with Crippen LogP contribution in [0.15, 0.2) is 18.8 Å². The van der Waals surface area contributed by atoms with Crippen molar-refractivity contribution >= 4 is 17.7 Å². The van der Waals surface area contributed by atoms with Gasteiger partial charge in [-0.15, -0.1) is 0 Å². The lowest BCUT2D eigenvalue weighted by Crippen LogP contribution is -2.36. The molecule has 2 atom stereocenters. The summed E-state index contributed by atoms with van der Waals surface area (Å²) in [5.41, 5.74) is 0.802. The maximum Gasteiger partial charge on any atom is 0.138 e. The number of ether oxygens (including phenoxy) is 1. The van der Waals surface area contributed by atoms with Gasteiger partial charge in [-0.05, 0) is 32.4 Å². The molecule has 92 valence electrons. The van der Waals surface area contributed by atoms with Crippen LogP contribution in [0, 0.1) is 0 Å². The lowest BCUT2D eigenvalue weighted by Gasteiger charge is -2.21. The standard InChI is InChI=1S/C13H17ClN2O/c1-3-10-7-11(8-16-13(10)14)17-9(2)12-5-4-6-15-12/h3,7-9,12,15H,1,4-6H2,2H3/t9?,12-/m1/s1. The highest BCUT2D eigenvalue weighted by Gasteiger charge is 2.22. The average molecular weight is 253 g/mol. The van der Waals surface area contributed by atoms with E-state index in [4.69, 9.17) is 16.3 Å². The van der Waals surface area contributed by atoms with E-state index in [1.807, 2.05) is 6.07 Å². The van der Waals surface area contributed by atoms with Crippen molar-refractivity contribution in [2.24, 2.45) is 0 Å². The number of hydrogen-bond donors (Lipinski definition) is 1. The van der Waals surface area contributed by atoms with Crippen LogP contribution in [0.4, 0.5) is 0 Å². The number of pyridine rings is 1. The first kappa shape index (κ1) is 12.4. The Bertz CT molecular complexity index is 402. The third kappa shape index (κ3) is 2.99. The SMILES string of the molecule is C=Cc1cc(OC(C)[C@H]2CCCN2)cnc1Cl. The summed E-state index contributed by atoms with van der Waals surface area (Å²) in [6.07, 6.45) is 5.85. The highest BCUT2D eigenvalue weighted by atomic mass is 35.5. The molecule has 1 aliphatic rings. The first-order chi connectivity index (χ1) is 8.20. The zero-order chi connectivity index (χ0) is 12.3. The van der Waals surface area contributed by atoms with Crippen LogP contribution in [0.1, 0.15) is 25.3 Å². The predicted octanol–water partition coefficient (Wildman–Crippen LogP) is 2.90. The maximum absolute atomic E-state index is 5.91. The largest absolute Gasteiger partial charge is 0.487 e. The van der Waals surface area contributed by atoms with Gasteiger partial charge < -0.3 is 10.1 Å². The Balaban J connectivity index is 2.04. The normalized spacial score (nSPS) is 21.2. The van der Waals surface area contributed by atoms with Crippen molar-refractivity contribution in [3.63, 3.8) is 0 Å². The summed E-state index contributed by atoms with van der Waals surface area (Å²) in [6.45, 7) is 6.85. The maximum atomic E-state index is 5.91.